The number of benzene rings is 2. The molecule has 0 amide bonds. The maximum absolute atomic E-state index is 13.5. The topological polar surface area (TPSA) is 112 Å². The molecule has 1 unspecified atom stereocenters. The summed E-state index contributed by atoms with van der Waals surface area (Å²) >= 11 is 6.50. The highest BCUT2D eigenvalue weighted by Crippen LogP contribution is 2.45. The number of aromatic nitrogens is 2. The number of nitrogens with zero attached hydrogens (tertiary/aromatic N) is 4. The van der Waals surface area contributed by atoms with E-state index in [4.69, 9.17) is 21.2 Å². The Labute approximate surface area is 223 Å². The third-order valence-corrected chi connectivity index (χ3v) is 6.61. The summed E-state index contributed by atoms with van der Waals surface area (Å²) in [6.07, 6.45) is -6.65. The molecule has 0 saturated carbocycles. The van der Waals surface area contributed by atoms with Gasteiger partial charge in [-0.15, -0.1) is 5.06 Å². The lowest BCUT2D eigenvalue weighted by Gasteiger charge is -2.41. The van der Waals surface area contributed by atoms with Crippen molar-refractivity contribution in [1.82, 2.24) is 19.8 Å². The number of fused-ring (bicyclic) bond motifs is 1. The molecule has 0 aliphatic carbocycles. The van der Waals surface area contributed by atoms with Crippen molar-refractivity contribution in [3.05, 3.63) is 74.4 Å². The zero-order chi connectivity index (χ0) is 27.9. The highest BCUT2D eigenvalue weighted by molar-refractivity contribution is 6.33. The summed E-state index contributed by atoms with van der Waals surface area (Å²) in [5.41, 5.74) is -1.69. The minimum Gasteiger partial charge on any atom is -0.497 e. The first kappa shape index (κ1) is 26.6. The van der Waals surface area contributed by atoms with Crippen molar-refractivity contribution < 1.29 is 27.5 Å². The molecular formula is C24H22ClF3N6O5. The minimum atomic E-state index is -5.36. The van der Waals surface area contributed by atoms with Gasteiger partial charge in [0.05, 0.1) is 23.5 Å². The Morgan fingerprint density at radius 1 is 1.05 bits per heavy atom. The summed E-state index contributed by atoms with van der Waals surface area (Å²) in [6.45, 7) is 1.55. The Hall–Kier alpha value is -4.01. The van der Waals surface area contributed by atoms with Crippen LogP contribution in [0.1, 0.15) is 0 Å². The zero-order valence-corrected chi connectivity index (χ0v) is 21.1. The zero-order valence-electron chi connectivity index (χ0n) is 20.4. The van der Waals surface area contributed by atoms with Crippen molar-refractivity contribution in [2.75, 3.05) is 43.3 Å². The number of methoxy groups -OCH3 is 1. The first-order chi connectivity index (χ1) is 18.6. The van der Waals surface area contributed by atoms with Gasteiger partial charge in [0.2, 0.25) is 6.29 Å². The SMILES string of the molecule is COc1ccc(-n2c3c(c(=O)[nH]c2=O)N(c2ccccc2Cl)C(N2CCNCC2)N3OC(=O)C(F)(F)F)cc1. The van der Waals surface area contributed by atoms with Crippen molar-refractivity contribution in [1.29, 1.82) is 0 Å². The first-order valence-electron chi connectivity index (χ1n) is 11.7. The van der Waals surface area contributed by atoms with Crippen molar-refractivity contribution in [3.8, 4) is 11.4 Å². The van der Waals surface area contributed by atoms with Crippen LogP contribution in [0.3, 0.4) is 0 Å². The molecule has 2 aliphatic rings. The summed E-state index contributed by atoms with van der Waals surface area (Å²) in [5.74, 6) is -2.46. The van der Waals surface area contributed by atoms with E-state index in [0.29, 0.717) is 37.0 Å². The number of carbonyl (C=O) groups is 1. The van der Waals surface area contributed by atoms with Crippen LogP contribution in [0.2, 0.25) is 5.02 Å². The number of hydrogen-bond acceptors (Lipinski definition) is 9. The van der Waals surface area contributed by atoms with Crippen molar-refractivity contribution >= 4 is 34.8 Å². The van der Waals surface area contributed by atoms with E-state index in [1.54, 1.807) is 29.2 Å². The van der Waals surface area contributed by atoms with E-state index in [1.165, 1.54) is 36.3 Å². The molecule has 1 fully saturated rings. The van der Waals surface area contributed by atoms with Gasteiger partial charge in [-0.25, -0.2) is 14.2 Å². The van der Waals surface area contributed by atoms with Crippen molar-refractivity contribution in [2.24, 2.45) is 0 Å². The molecular weight excluding hydrogens is 545 g/mol. The lowest BCUT2D eigenvalue weighted by molar-refractivity contribution is -0.203. The third-order valence-electron chi connectivity index (χ3n) is 6.29. The Kier molecular flexibility index (Phi) is 7.01. The number of nitrogens with one attached hydrogen (secondary N) is 2. The smallest absolute Gasteiger partial charge is 0.493 e. The number of piperazine rings is 1. The van der Waals surface area contributed by atoms with E-state index in [2.05, 4.69) is 10.3 Å². The number of carbonyl (C=O) groups excluding carboxylic acids is 1. The number of hydroxylamine groups is 1. The van der Waals surface area contributed by atoms with Crippen LogP contribution in [0.4, 0.5) is 30.4 Å². The number of anilines is 3. The molecule has 1 aromatic heterocycles. The number of alkyl halides is 3. The molecule has 0 radical (unpaired) electrons. The molecule has 15 heteroatoms. The second kappa shape index (κ2) is 10.3. The summed E-state index contributed by atoms with van der Waals surface area (Å²) < 4.78 is 46.6. The lowest BCUT2D eigenvalue weighted by Crippen LogP contribution is -2.60. The standard InChI is InChI=1S/C24H22ClF3N6O5/c1-38-15-8-6-14(7-9-15)32-20-18(19(35)30-22(32)37)33(17-5-3-2-4-16(17)25)23(31-12-10-29-11-13-31)34(20)39-21(36)24(26,27)28/h2-9,23,29H,10-13H2,1H3,(H,30,35,37). The number of aromatic amines is 1. The van der Waals surface area contributed by atoms with Gasteiger partial charge >= 0.3 is 17.8 Å². The van der Waals surface area contributed by atoms with Gasteiger partial charge in [0.1, 0.15) is 5.75 Å². The summed E-state index contributed by atoms with van der Waals surface area (Å²) in [7, 11) is 1.44. The Bertz CT molecular complexity index is 1500. The molecule has 0 spiro atoms. The molecule has 1 saturated heterocycles. The van der Waals surface area contributed by atoms with Crippen LogP contribution in [-0.4, -0.2) is 66.2 Å². The average Bonchev–Trinajstić information content (AvgIpc) is 3.24. The monoisotopic (exact) mass is 566 g/mol. The van der Waals surface area contributed by atoms with Gasteiger partial charge in [0, 0.05) is 26.2 Å². The number of H-pyrrole nitrogens is 1. The van der Waals surface area contributed by atoms with Crippen LogP contribution >= 0.6 is 11.6 Å². The summed E-state index contributed by atoms with van der Waals surface area (Å²) in [4.78, 5) is 49.1. The molecule has 2 N–H and O–H groups in total. The molecule has 2 aliphatic heterocycles. The second-order valence-corrected chi connectivity index (χ2v) is 9.03. The maximum atomic E-state index is 13.5. The van der Waals surface area contributed by atoms with Crippen LogP contribution in [0.15, 0.2) is 58.1 Å². The maximum Gasteiger partial charge on any atom is 0.493 e. The van der Waals surface area contributed by atoms with Crippen LogP contribution in [0, 0.1) is 0 Å². The predicted octanol–water partition coefficient (Wildman–Crippen LogP) is 2.36. The minimum absolute atomic E-state index is 0.168. The van der Waals surface area contributed by atoms with Crippen molar-refractivity contribution in [2.45, 2.75) is 12.5 Å². The van der Waals surface area contributed by atoms with Gasteiger partial charge in [-0.3, -0.25) is 19.6 Å². The second-order valence-electron chi connectivity index (χ2n) is 8.62. The quantitative estimate of drug-likeness (QED) is 0.481. The Balaban J connectivity index is 1.82. The normalized spacial score (nSPS) is 17.7. The van der Waals surface area contributed by atoms with E-state index >= 15 is 0 Å². The number of rotatable bonds is 5. The average molecular weight is 567 g/mol. The predicted molar refractivity (Wildman–Crippen MR) is 136 cm³/mol. The molecule has 39 heavy (non-hydrogen) atoms. The molecule has 1 atom stereocenters. The van der Waals surface area contributed by atoms with Crippen molar-refractivity contribution in [3.63, 3.8) is 0 Å². The van der Waals surface area contributed by atoms with Crippen LogP contribution in [0.5, 0.6) is 5.75 Å². The Morgan fingerprint density at radius 3 is 2.33 bits per heavy atom. The van der Waals surface area contributed by atoms with Crippen LogP contribution < -0.4 is 31.3 Å². The van der Waals surface area contributed by atoms with Crippen LogP contribution in [0.25, 0.3) is 5.69 Å². The number of hydrogen-bond donors (Lipinski definition) is 2. The van der Waals surface area contributed by atoms with E-state index in [1.807, 2.05) is 0 Å². The lowest BCUT2D eigenvalue weighted by atomic mass is 10.2. The number of ether oxygens (including phenoxy) is 1. The summed E-state index contributed by atoms with van der Waals surface area (Å²) in [6, 6.07) is 12.4. The molecule has 3 heterocycles. The van der Waals surface area contributed by atoms with Gasteiger partial charge in [0.15, 0.2) is 11.5 Å². The number of halogens is 4. The van der Waals surface area contributed by atoms with Gasteiger partial charge in [-0.2, -0.15) is 13.2 Å². The third kappa shape index (κ3) is 4.82. The van der Waals surface area contributed by atoms with Gasteiger partial charge in [0.25, 0.3) is 5.56 Å². The molecule has 206 valence electrons. The van der Waals surface area contributed by atoms with E-state index in [9.17, 15) is 27.6 Å². The summed E-state index contributed by atoms with van der Waals surface area (Å²) in [5, 5.41) is 3.97. The highest BCUT2D eigenvalue weighted by atomic mass is 35.5. The highest BCUT2D eigenvalue weighted by Gasteiger charge is 2.51. The molecule has 2 aromatic carbocycles. The number of para-hydroxylation sites is 1. The van der Waals surface area contributed by atoms with E-state index in [-0.39, 0.29) is 27.9 Å². The van der Waals surface area contributed by atoms with E-state index < -0.39 is 29.7 Å². The fourth-order valence-electron chi connectivity index (χ4n) is 4.58. The molecule has 11 nitrogen and oxygen atoms in total. The largest absolute Gasteiger partial charge is 0.497 e. The molecule has 3 aromatic rings. The van der Waals surface area contributed by atoms with Gasteiger partial charge in [-0.05, 0) is 36.4 Å². The van der Waals surface area contributed by atoms with Gasteiger partial charge < -0.3 is 14.9 Å². The molecule has 0 bridgehead atoms. The Morgan fingerprint density at radius 2 is 1.72 bits per heavy atom. The van der Waals surface area contributed by atoms with Crippen LogP contribution in [-0.2, 0) is 9.63 Å². The van der Waals surface area contributed by atoms with E-state index in [0.717, 1.165) is 4.57 Å². The first-order valence-corrected chi connectivity index (χ1v) is 12.1. The van der Waals surface area contributed by atoms with Gasteiger partial charge in [-0.1, -0.05) is 23.7 Å². The molecule has 5 rings (SSSR count). The fourth-order valence-corrected chi connectivity index (χ4v) is 4.81. The fraction of sp³-hybridized carbons (Fsp3) is 0.292.